The molecule has 0 amide bonds. The Hall–Kier alpha value is -0.500. The summed E-state index contributed by atoms with van der Waals surface area (Å²) in [4.78, 5) is 2.47. The minimum atomic E-state index is 0.609. The molecule has 1 aliphatic heterocycles. The fourth-order valence-electron chi connectivity index (χ4n) is 2.08. The van der Waals surface area contributed by atoms with Gasteiger partial charge in [0.05, 0.1) is 0 Å². The molecule has 0 aromatic heterocycles. The van der Waals surface area contributed by atoms with Crippen molar-refractivity contribution in [2.75, 3.05) is 23.3 Å². The van der Waals surface area contributed by atoms with Gasteiger partial charge in [0.25, 0.3) is 0 Å². The van der Waals surface area contributed by atoms with Crippen molar-refractivity contribution in [2.45, 2.75) is 25.7 Å². The SMILES string of the molecule is CC(CBr)c1ccc(N2CCCC2)cc1. The molecule has 1 saturated heterocycles. The van der Waals surface area contributed by atoms with Crippen LogP contribution in [0, 0.1) is 0 Å². The summed E-state index contributed by atoms with van der Waals surface area (Å²) in [5, 5.41) is 1.04. The molecule has 1 aromatic carbocycles. The number of rotatable bonds is 3. The van der Waals surface area contributed by atoms with E-state index in [4.69, 9.17) is 0 Å². The molecule has 0 radical (unpaired) electrons. The van der Waals surface area contributed by atoms with Crippen LogP contribution in [0.25, 0.3) is 0 Å². The average molecular weight is 268 g/mol. The lowest BCUT2D eigenvalue weighted by Crippen LogP contribution is -2.17. The Morgan fingerprint density at radius 3 is 2.33 bits per heavy atom. The minimum absolute atomic E-state index is 0.609. The third-order valence-corrected chi connectivity index (χ3v) is 4.14. The summed E-state index contributed by atoms with van der Waals surface area (Å²) in [6.07, 6.45) is 2.69. The Balaban J connectivity index is 2.09. The first-order valence-corrected chi connectivity index (χ1v) is 6.84. The van der Waals surface area contributed by atoms with Gasteiger partial charge >= 0.3 is 0 Å². The van der Waals surface area contributed by atoms with E-state index in [1.807, 2.05) is 0 Å². The summed E-state index contributed by atoms with van der Waals surface area (Å²) in [5.41, 5.74) is 2.81. The second kappa shape index (κ2) is 5.02. The number of alkyl halides is 1. The lowest BCUT2D eigenvalue weighted by molar-refractivity contribution is 0.885. The molecule has 1 fully saturated rings. The van der Waals surface area contributed by atoms with Crippen molar-refractivity contribution in [3.05, 3.63) is 29.8 Å². The van der Waals surface area contributed by atoms with E-state index in [2.05, 4.69) is 52.0 Å². The lowest BCUT2D eigenvalue weighted by Gasteiger charge is -2.18. The summed E-state index contributed by atoms with van der Waals surface area (Å²) >= 11 is 3.53. The topological polar surface area (TPSA) is 3.24 Å². The second-order valence-electron chi connectivity index (χ2n) is 4.34. The first-order valence-electron chi connectivity index (χ1n) is 5.72. The van der Waals surface area contributed by atoms with Gasteiger partial charge in [-0.3, -0.25) is 0 Å². The van der Waals surface area contributed by atoms with Crippen molar-refractivity contribution in [2.24, 2.45) is 0 Å². The van der Waals surface area contributed by atoms with E-state index in [0.717, 1.165) is 5.33 Å². The second-order valence-corrected chi connectivity index (χ2v) is 4.99. The van der Waals surface area contributed by atoms with Gasteiger partial charge in [-0.1, -0.05) is 35.0 Å². The molecule has 0 spiro atoms. The fourth-order valence-corrected chi connectivity index (χ4v) is 2.45. The largest absolute Gasteiger partial charge is 0.372 e. The molecule has 0 aliphatic carbocycles. The van der Waals surface area contributed by atoms with Crippen LogP contribution in [0.15, 0.2) is 24.3 Å². The molecule has 0 N–H and O–H groups in total. The number of benzene rings is 1. The highest BCUT2D eigenvalue weighted by atomic mass is 79.9. The highest BCUT2D eigenvalue weighted by Crippen LogP contribution is 2.24. The van der Waals surface area contributed by atoms with E-state index in [1.54, 1.807) is 0 Å². The van der Waals surface area contributed by atoms with Gasteiger partial charge in [-0.2, -0.15) is 0 Å². The molecule has 2 rings (SSSR count). The molecule has 1 aliphatic rings. The zero-order valence-electron chi connectivity index (χ0n) is 9.25. The highest BCUT2D eigenvalue weighted by molar-refractivity contribution is 9.09. The lowest BCUT2D eigenvalue weighted by atomic mass is 10.0. The number of hydrogen-bond acceptors (Lipinski definition) is 1. The van der Waals surface area contributed by atoms with Gasteiger partial charge in [-0.15, -0.1) is 0 Å². The van der Waals surface area contributed by atoms with Crippen molar-refractivity contribution in [3.63, 3.8) is 0 Å². The molecule has 1 atom stereocenters. The summed E-state index contributed by atoms with van der Waals surface area (Å²) in [7, 11) is 0. The predicted molar refractivity (Wildman–Crippen MR) is 70.1 cm³/mol. The predicted octanol–water partition coefficient (Wildman–Crippen LogP) is 3.79. The minimum Gasteiger partial charge on any atom is -0.372 e. The normalized spacial score (nSPS) is 18.1. The van der Waals surface area contributed by atoms with Crippen molar-refractivity contribution in [1.29, 1.82) is 0 Å². The number of hydrogen-bond donors (Lipinski definition) is 0. The molecule has 0 saturated carbocycles. The van der Waals surface area contributed by atoms with Gasteiger partial charge in [0.1, 0.15) is 0 Å². The highest BCUT2D eigenvalue weighted by Gasteiger charge is 2.12. The van der Waals surface area contributed by atoms with Gasteiger partial charge in [0, 0.05) is 24.1 Å². The summed E-state index contributed by atoms with van der Waals surface area (Å²) < 4.78 is 0. The molecule has 1 nitrogen and oxygen atoms in total. The van der Waals surface area contributed by atoms with Crippen molar-refractivity contribution in [1.82, 2.24) is 0 Å². The molecular weight excluding hydrogens is 250 g/mol. The molecule has 15 heavy (non-hydrogen) atoms. The van der Waals surface area contributed by atoms with E-state index in [0.29, 0.717) is 5.92 Å². The zero-order chi connectivity index (χ0) is 10.7. The van der Waals surface area contributed by atoms with Gasteiger partial charge in [0.15, 0.2) is 0 Å². The number of halogens is 1. The van der Waals surface area contributed by atoms with Gasteiger partial charge < -0.3 is 4.90 Å². The van der Waals surface area contributed by atoms with E-state index < -0.39 is 0 Å². The smallest absolute Gasteiger partial charge is 0.0366 e. The Kier molecular flexibility index (Phi) is 3.68. The van der Waals surface area contributed by atoms with Crippen LogP contribution in [0.1, 0.15) is 31.2 Å². The Morgan fingerprint density at radius 2 is 1.80 bits per heavy atom. The van der Waals surface area contributed by atoms with E-state index >= 15 is 0 Å². The first kappa shape index (κ1) is 11.0. The van der Waals surface area contributed by atoms with Crippen LogP contribution >= 0.6 is 15.9 Å². The molecule has 0 bridgehead atoms. The van der Waals surface area contributed by atoms with Crippen LogP contribution in [0.3, 0.4) is 0 Å². The quantitative estimate of drug-likeness (QED) is 0.754. The van der Waals surface area contributed by atoms with Gasteiger partial charge in [-0.05, 0) is 36.5 Å². The van der Waals surface area contributed by atoms with E-state index in [1.165, 1.54) is 37.2 Å². The maximum atomic E-state index is 3.53. The van der Waals surface area contributed by atoms with Crippen LogP contribution in [-0.2, 0) is 0 Å². The van der Waals surface area contributed by atoms with E-state index in [-0.39, 0.29) is 0 Å². The summed E-state index contributed by atoms with van der Waals surface area (Å²) in [6.45, 7) is 4.71. The third kappa shape index (κ3) is 2.54. The fraction of sp³-hybridized carbons (Fsp3) is 0.538. The molecule has 1 unspecified atom stereocenters. The first-order chi connectivity index (χ1) is 7.31. The van der Waals surface area contributed by atoms with Crippen LogP contribution in [0.2, 0.25) is 0 Å². The Bertz CT molecular complexity index is 301. The van der Waals surface area contributed by atoms with Crippen molar-refractivity contribution >= 4 is 21.6 Å². The van der Waals surface area contributed by atoms with E-state index in [9.17, 15) is 0 Å². The average Bonchev–Trinajstić information content (AvgIpc) is 2.82. The maximum Gasteiger partial charge on any atom is 0.0366 e. The van der Waals surface area contributed by atoms with Gasteiger partial charge in [0.2, 0.25) is 0 Å². The molecule has 82 valence electrons. The standard InChI is InChI=1S/C13H18BrN/c1-11(10-14)12-4-6-13(7-5-12)15-8-2-3-9-15/h4-7,11H,2-3,8-10H2,1H3. The molecular formula is C13H18BrN. The number of nitrogens with zero attached hydrogens (tertiary/aromatic N) is 1. The Morgan fingerprint density at radius 1 is 1.20 bits per heavy atom. The molecule has 1 heterocycles. The zero-order valence-corrected chi connectivity index (χ0v) is 10.8. The van der Waals surface area contributed by atoms with Crippen LogP contribution in [0.4, 0.5) is 5.69 Å². The van der Waals surface area contributed by atoms with Gasteiger partial charge in [-0.25, -0.2) is 0 Å². The third-order valence-electron chi connectivity index (χ3n) is 3.16. The molecule has 2 heteroatoms. The Labute approximate surface area is 101 Å². The monoisotopic (exact) mass is 267 g/mol. The summed E-state index contributed by atoms with van der Waals surface area (Å²) in [5.74, 6) is 0.609. The molecule has 1 aromatic rings. The summed E-state index contributed by atoms with van der Waals surface area (Å²) in [6, 6.07) is 9.05. The number of anilines is 1. The maximum absolute atomic E-state index is 3.53. The van der Waals surface area contributed by atoms with Crippen LogP contribution < -0.4 is 4.90 Å². The van der Waals surface area contributed by atoms with Crippen LogP contribution in [-0.4, -0.2) is 18.4 Å². The van der Waals surface area contributed by atoms with Crippen LogP contribution in [0.5, 0.6) is 0 Å². The van der Waals surface area contributed by atoms with Crippen molar-refractivity contribution < 1.29 is 0 Å². The van der Waals surface area contributed by atoms with Crippen molar-refractivity contribution in [3.8, 4) is 0 Å².